The Balaban J connectivity index is 2.25. The number of nitrogens with zero attached hydrogens (tertiary/aromatic N) is 1. The van der Waals surface area contributed by atoms with Gasteiger partial charge in [0.1, 0.15) is 10.7 Å². The Morgan fingerprint density at radius 2 is 2.15 bits per heavy atom. The van der Waals surface area contributed by atoms with E-state index in [0.717, 1.165) is 24.5 Å². The number of sulfonamides is 1. The van der Waals surface area contributed by atoms with Crippen LogP contribution in [-0.4, -0.2) is 43.9 Å². The highest BCUT2D eigenvalue weighted by atomic mass is 35.5. The van der Waals surface area contributed by atoms with Crippen LogP contribution in [0.3, 0.4) is 0 Å². The molecule has 0 saturated heterocycles. The topological polar surface area (TPSA) is 88.6 Å². The van der Waals surface area contributed by atoms with Gasteiger partial charge >= 0.3 is 0 Å². The van der Waals surface area contributed by atoms with Crippen molar-refractivity contribution in [3.8, 4) is 0 Å². The number of hydrogen-bond donors (Lipinski definition) is 2. The maximum absolute atomic E-state index is 11.8. The quantitative estimate of drug-likeness (QED) is 0.448. The first-order valence-electron chi connectivity index (χ1n) is 8.13. The molecule has 0 unspecified atom stereocenters. The third-order valence-corrected chi connectivity index (χ3v) is 6.54. The number of rotatable bonds is 9. The molecule has 2 aromatic rings. The van der Waals surface area contributed by atoms with Gasteiger partial charge in [-0.25, -0.2) is 13.6 Å². The van der Waals surface area contributed by atoms with Gasteiger partial charge in [-0.15, -0.1) is 11.8 Å². The lowest BCUT2D eigenvalue weighted by Gasteiger charge is -2.15. The summed E-state index contributed by atoms with van der Waals surface area (Å²) in [6.07, 6.45) is 2.54. The molecule has 0 radical (unpaired) electrons. The van der Waals surface area contributed by atoms with Crippen molar-refractivity contribution in [2.75, 3.05) is 31.7 Å². The molecule has 0 aliphatic carbocycles. The lowest BCUT2D eigenvalue weighted by Crippen LogP contribution is -2.15. The SMILES string of the molecule is CN(C)CCCSC(=S)c1cc(S(N)(=O)=O)c(Cl)cc1NCc1ccco1. The molecule has 1 heterocycles. The number of nitrogens with two attached hydrogens (primary N) is 1. The number of benzene rings is 1. The summed E-state index contributed by atoms with van der Waals surface area (Å²) in [7, 11) is 0.0677. The highest BCUT2D eigenvalue weighted by molar-refractivity contribution is 8.23. The van der Waals surface area contributed by atoms with E-state index in [1.54, 1.807) is 12.3 Å². The summed E-state index contributed by atoms with van der Waals surface area (Å²) >= 11 is 13.2. The molecule has 3 N–H and O–H groups in total. The van der Waals surface area contributed by atoms with Crippen LogP contribution in [-0.2, 0) is 16.6 Å². The van der Waals surface area contributed by atoms with E-state index in [0.29, 0.717) is 22.0 Å². The second-order valence-corrected chi connectivity index (χ2v) is 9.81. The highest BCUT2D eigenvalue weighted by Gasteiger charge is 2.19. The number of thiocarbonyl (C=S) groups is 1. The number of primary sulfonamides is 1. The third kappa shape index (κ3) is 6.78. The average molecular weight is 448 g/mol. The zero-order chi connectivity index (χ0) is 20.0. The zero-order valence-corrected chi connectivity index (χ0v) is 18.3. The second kappa shape index (κ2) is 9.90. The van der Waals surface area contributed by atoms with Crippen molar-refractivity contribution in [1.82, 2.24) is 4.90 Å². The molecule has 148 valence electrons. The number of hydrogen-bond acceptors (Lipinski definition) is 7. The van der Waals surface area contributed by atoms with Crippen LogP contribution in [0.2, 0.25) is 5.02 Å². The van der Waals surface area contributed by atoms with Crippen molar-refractivity contribution in [1.29, 1.82) is 0 Å². The highest BCUT2D eigenvalue weighted by Crippen LogP contribution is 2.31. The predicted molar refractivity (Wildman–Crippen MR) is 116 cm³/mol. The van der Waals surface area contributed by atoms with Gasteiger partial charge < -0.3 is 14.6 Å². The molecule has 2 rings (SSSR count). The van der Waals surface area contributed by atoms with Crippen LogP contribution in [0.4, 0.5) is 5.69 Å². The first kappa shape index (κ1) is 22.2. The number of halogens is 1. The number of thioether (sulfide) groups is 1. The molecule has 10 heteroatoms. The van der Waals surface area contributed by atoms with Gasteiger partial charge in [-0.3, -0.25) is 0 Å². The smallest absolute Gasteiger partial charge is 0.239 e. The van der Waals surface area contributed by atoms with Gasteiger partial charge in [-0.2, -0.15) is 0 Å². The normalized spacial score (nSPS) is 11.7. The Labute approximate surface area is 174 Å². The minimum atomic E-state index is -3.95. The van der Waals surface area contributed by atoms with Gasteiger partial charge in [0.2, 0.25) is 10.0 Å². The van der Waals surface area contributed by atoms with E-state index in [9.17, 15) is 8.42 Å². The van der Waals surface area contributed by atoms with Crippen molar-refractivity contribution in [2.24, 2.45) is 5.14 Å². The molecular formula is C17H22ClN3O3S3. The Morgan fingerprint density at radius 1 is 1.41 bits per heavy atom. The Morgan fingerprint density at radius 3 is 2.74 bits per heavy atom. The first-order chi connectivity index (χ1) is 12.7. The molecule has 0 saturated carbocycles. The molecule has 0 aliphatic heterocycles. The van der Waals surface area contributed by atoms with Gasteiger partial charge in [0.15, 0.2) is 0 Å². The largest absolute Gasteiger partial charge is 0.467 e. The lowest BCUT2D eigenvalue weighted by atomic mass is 10.2. The molecule has 0 bridgehead atoms. The van der Waals surface area contributed by atoms with Crippen LogP contribution in [0.15, 0.2) is 39.8 Å². The summed E-state index contributed by atoms with van der Waals surface area (Å²) in [6.45, 7) is 1.36. The standard InChI is InChI=1S/C17H22ClN3O3S3/c1-21(2)6-4-8-26-17(25)13-9-16(27(19,22)23)14(18)10-15(13)20-11-12-5-3-7-24-12/h3,5,7,9-10,20H,4,6,8,11H2,1-2H3,(H2,19,22,23). The average Bonchev–Trinajstić information content (AvgIpc) is 3.08. The molecule has 1 aromatic heterocycles. The van der Waals surface area contributed by atoms with Crippen molar-refractivity contribution in [3.63, 3.8) is 0 Å². The summed E-state index contributed by atoms with van der Waals surface area (Å²) < 4.78 is 29.5. The second-order valence-electron chi connectivity index (χ2n) is 6.10. The minimum absolute atomic E-state index is 0.0450. The van der Waals surface area contributed by atoms with Crippen LogP contribution >= 0.6 is 35.6 Å². The molecule has 0 atom stereocenters. The van der Waals surface area contributed by atoms with Crippen LogP contribution in [0.1, 0.15) is 17.7 Å². The maximum Gasteiger partial charge on any atom is 0.239 e. The van der Waals surface area contributed by atoms with Gasteiger partial charge in [-0.05, 0) is 51.3 Å². The van der Waals surface area contributed by atoms with Gasteiger partial charge in [-0.1, -0.05) is 23.8 Å². The van der Waals surface area contributed by atoms with Crippen LogP contribution in [0.25, 0.3) is 0 Å². The molecule has 27 heavy (non-hydrogen) atoms. The summed E-state index contributed by atoms with van der Waals surface area (Å²) in [4.78, 5) is 1.96. The minimum Gasteiger partial charge on any atom is -0.467 e. The summed E-state index contributed by atoms with van der Waals surface area (Å²) in [6, 6.07) is 6.59. The molecular weight excluding hydrogens is 426 g/mol. The molecule has 0 aliphatic rings. The van der Waals surface area contributed by atoms with E-state index >= 15 is 0 Å². The fraction of sp³-hybridized carbons (Fsp3) is 0.353. The Bertz CT molecular complexity index is 884. The summed E-state index contributed by atoms with van der Waals surface area (Å²) in [5.41, 5.74) is 1.22. The van der Waals surface area contributed by atoms with Crippen LogP contribution < -0.4 is 10.5 Å². The van der Waals surface area contributed by atoms with E-state index in [1.807, 2.05) is 20.2 Å². The summed E-state index contributed by atoms with van der Waals surface area (Å²) in [5, 5.41) is 8.53. The van der Waals surface area contributed by atoms with Gasteiger partial charge in [0, 0.05) is 17.0 Å². The molecule has 0 amide bonds. The van der Waals surface area contributed by atoms with Crippen molar-refractivity contribution >= 4 is 55.5 Å². The van der Waals surface area contributed by atoms with Crippen LogP contribution in [0.5, 0.6) is 0 Å². The van der Waals surface area contributed by atoms with Crippen LogP contribution in [0, 0.1) is 0 Å². The lowest BCUT2D eigenvalue weighted by molar-refractivity contribution is 0.410. The predicted octanol–water partition coefficient (Wildman–Crippen LogP) is 3.55. The Hall–Kier alpha value is -1.10. The molecule has 6 nitrogen and oxygen atoms in total. The first-order valence-corrected chi connectivity index (χ1v) is 11.4. The number of furan rings is 1. The fourth-order valence-electron chi connectivity index (χ4n) is 2.31. The Kier molecular flexibility index (Phi) is 8.14. The molecule has 0 fully saturated rings. The van der Waals surface area contributed by atoms with Gasteiger partial charge in [0.25, 0.3) is 0 Å². The van der Waals surface area contributed by atoms with Crippen molar-refractivity contribution in [3.05, 3.63) is 46.9 Å². The summed E-state index contributed by atoms with van der Waals surface area (Å²) in [5.74, 6) is 1.55. The zero-order valence-electron chi connectivity index (χ0n) is 15.1. The van der Waals surface area contributed by atoms with E-state index in [-0.39, 0.29) is 9.92 Å². The van der Waals surface area contributed by atoms with E-state index in [4.69, 9.17) is 33.4 Å². The molecule has 0 spiro atoms. The fourth-order valence-corrected chi connectivity index (χ4v) is 4.61. The van der Waals surface area contributed by atoms with E-state index < -0.39 is 10.0 Å². The van der Waals surface area contributed by atoms with E-state index in [2.05, 4.69) is 10.2 Å². The van der Waals surface area contributed by atoms with Crippen molar-refractivity contribution in [2.45, 2.75) is 17.9 Å². The van der Waals surface area contributed by atoms with Gasteiger partial charge in [0.05, 0.1) is 22.0 Å². The maximum atomic E-state index is 11.8. The van der Waals surface area contributed by atoms with Crippen molar-refractivity contribution < 1.29 is 12.8 Å². The molecule has 1 aromatic carbocycles. The third-order valence-electron chi connectivity index (χ3n) is 3.61. The number of nitrogens with one attached hydrogen (secondary N) is 1. The van der Waals surface area contributed by atoms with E-state index in [1.165, 1.54) is 23.9 Å². The number of anilines is 1. The monoisotopic (exact) mass is 447 g/mol.